The molecule has 1 N–H and O–H groups in total. The molecular weight excluding hydrogens is 350 g/mol. The van der Waals surface area contributed by atoms with Crippen molar-refractivity contribution in [3.8, 4) is 6.01 Å². The number of aryl methyl sites for hydroxylation is 1. The predicted molar refractivity (Wildman–Crippen MR) is 101 cm³/mol. The summed E-state index contributed by atoms with van der Waals surface area (Å²) in [6.07, 6.45) is 9.17. The number of rotatable bonds is 7. The molecule has 26 heavy (non-hydrogen) atoms. The van der Waals surface area contributed by atoms with E-state index in [-0.39, 0.29) is 18.1 Å². The maximum Gasteiger partial charge on any atom is 0.316 e. The minimum Gasteiger partial charge on any atom is -0.460 e. The fourth-order valence-electron chi connectivity index (χ4n) is 3.23. The lowest BCUT2D eigenvalue weighted by Gasteiger charge is -2.28. The van der Waals surface area contributed by atoms with Crippen LogP contribution in [0.4, 0.5) is 0 Å². The highest BCUT2D eigenvalue weighted by Crippen LogP contribution is 2.22. The Hall–Kier alpha value is -2.14. The monoisotopic (exact) mass is 373 g/mol. The summed E-state index contributed by atoms with van der Waals surface area (Å²) in [7, 11) is 0. The number of ether oxygens (including phenoxy) is 1. The first kappa shape index (κ1) is 18.6. The molecule has 3 rings (SSSR count). The van der Waals surface area contributed by atoms with E-state index in [1.165, 1.54) is 18.0 Å². The normalized spacial score (nSPS) is 19.7. The molecule has 5 nitrogen and oxygen atoms in total. The lowest BCUT2D eigenvalue weighted by atomic mass is 9.93. The van der Waals surface area contributed by atoms with Crippen molar-refractivity contribution in [1.82, 2.24) is 15.3 Å². The SMILES string of the molecule is O=C(CCCc1ccccc1)NC1CCC(Oc2ncc(Cl)cn2)CC1. The van der Waals surface area contributed by atoms with Crippen molar-refractivity contribution < 1.29 is 9.53 Å². The smallest absolute Gasteiger partial charge is 0.316 e. The van der Waals surface area contributed by atoms with E-state index in [4.69, 9.17) is 16.3 Å². The van der Waals surface area contributed by atoms with Gasteiger partial charge in [-0.3, -0.25) is 4.79 Å². The molecule has 1 heterocycles. The average Bonchev–Trinajstić information content (AvgIpc) is 2.66. The van der Waals surface area contributed by atoms with Crippen LogP contribution < -0.4 is 10.1 Å². The molecule has 1 aromatic carbocycles. The molecule has 0 atom stereocenters. The molecule has 1 fully saturated rings. The molecule has 0 bridgehead atoms. The molecular formula is C20H24ClN3O2. The third kappa shape index (κ3) is 5.99. The summed E-state index contributed by atoms with van der Waals surface area (Å²) in [6, 6.07) is 10.9. The van der Waals surface area contributed by atoms with Gasteiger partial charge in [0.05, 0.1) is 17.4 Å². The standard InChI is InChI=1S/C20H24ClN3O2/c21-16-13-22-20(23-14-16)26-18-11-9-17(10-12-18)24-19(25)8-4-7-15-5-2-1-3-6-15/h1-3,5-6,13-14,17-18H,4,7-12H2,(H,24,25). The number of amides is 1. The topological polar surface area (TPSA) is 64.1 Å². The van der Waals surface area contributed by atoms with E-state index in [2.05, 4.69) is 27.4 Å². The van der Waals surface area contributed by atoms with Crippen LogP contribution in [0.5, 0.6) is 6.01 Å². The first-order chi connectivity index (χ1) is 12.7. The zero-order valence-electron chi connectivity index (χ0n) is 14.7. The van der Waals surface area contributed by atoms with Crippen molar-refractivity contribution >= 4 is 17.5 Å². The minimum absolute atomic E-state index is 0.0995. The lowest BCUT2D eigenvalue weighted by molar-refractivity contribution is -0.122. The van der Waals surface area contributed by atoms with Crippen molar-refractivity contribution in [3.63, 3.8) is 0 Å². The molecule has 2 aromatic rings. The van der Waals surface area contributed by atoms with Crippen LogP contribution in [-0.2, 0) is 11.2 Å². The number of hydrogen-bond acceptors (Lipinski definition) is 4. The highest BCUT2D eigenvalue weighted by atomic mass is 35.5. The van der Waals surface area contributed by atoms with Gasteiger partial charge in [-0.1, -0.05) is 41.9 Å². The Morgan fingerprint density at radius 3 is 2.50 bits per heavy atom. The van der Waals surface area contributed by atoms with Crippen LogP contribution in [0.3, 0.4) is 0 Å². The maximum atomic E-state index is 12.1. The number of nitrogens with zero attached hydrogens (tertiary/aromatic N) is 2. The largest absolute Gasteiger partial charge is 0.460 e. The van der Waals surface area contributed by atoms with Gasteiger partial charge < -0.3 is 10.1 Å². The van der Waals surface area contributed by atoms with Crippen LogP contribution in [0.15, 0.2) is 42.7 Å². The molecule has 0 aliphatic heterocycles. The summed E-state index contributed by atoms with van der Waals surface area (Å²) in [5, 5.41) is 3.65. The van der Waals surface area contributed by atoms with E-state index in [1.807, 2.05) is 18.2 Å². The average molecular weight is 374 g/mol. The Kier molecular flexibility index (Phi) is 6.83. The summed E-state index contributed by atoms with van der Waals surface area (Å²) < 4.78 is 5.78. The summed E-state index contributed by atoms with van der Waals surface area (Å²) in [5.74, 6) is 0.145. The number of carbonyl (C=O) groups excluding carboxylic acids is 1. The van der Waals surface area contributed by atoms with Crippen LogP contribution in [0.2, 0.25) is 5.02 Å². The molecule has 1 amide bonds. The van der Waals surface area contributed by atoms with Crippen molar-refractivity contribution in [1.29, 1.82) is 0 Å². The number of benzene rings is 1. The number of aromatic nitrogens is 2. The number of halogens is 1. The van der Waals surface area contributed by atoms with Crippen molar-refractivity contribution in [3.05, 3.63) is 53.3 Å². The second kappa shape index (κ2) is 9.53. The Balaban J connectivity index is 1.33. The first-order valence-electron chi connectivity index (χ1n) is 9.16. The molecule has 1 aliphatic carbocycles. The van der Waals surface area contributed by atoms with Crippen LogP contribution in [-0.4, -0.2) is 28.0 Å². The van der Waals surface area contributed by atoms with Crippen LogP contribution in [0, 0.1) is 0 Å². The molecule has 138 valence electrons. The van der Waals surface area contributed by atoms with Gasteiger partial charge in [-0.2, -0.15) is 0 Å². The molecule has 1 aliphatic rings. The highest BCUT2D eigenvalue weighted by Gasteiger charge is 2.24. The van der Waals surface area contributed by atoms with Crippen LogP contribution >= 0.6 is 11.6 Å². The van der Waals surface area contributed by atoms with Crippen molar-refractivity contribution in [2.24, 2.45) is 0 Å². The fourth-order valence-corrected chi connectivity index (χ4v) is 3.33. The maximum absolute atomic E-state index is 12.1. The Bertz CT molecular complexity index is 686. The van der Waals surface area contributed by atoms with Crippen molar-refractivity contribution in [2.75, 3.05) is 0 Å². The second-order valence-corrected chi connectivity index (χ2v) is 7.12. The summed E-state index contributed by atoms with van der Waals surface area (Å²) in [6.45, 7) is 0. The van der Waals surface area contributed by atoms with Gasteiger partial charge in [0.25, 0.3) is 0 Å². The first-order valence-corrected chi connectivity index (χ1v) is 9.54. The Labute approximate surface area is 159 Å². The summed E-state index contributed by atoms with van der Waals surface area (Å²) >= 11 is 5.77. The highest BCUT2D eigenvalue weighted by molar-refractivity contribution is 6.30. The van der Waals surface area contributed by atoms with Crippen LogP contribution in [0.1, 0.15) is 44.1 Å². The predicted octanol–water partition coefficient (Wildman–Crippen LogP) is 3.96. The van der Waals surface area contributed by atoms with E-state index in [1.54, 1.807) is 0 Å². The molecule has 0 unspecified atom stereocenters. The number of nitrogens with one attached hydrogen (secondary N) is 1. The molecule has 6 heteroatoms. The van der Waals surface area contributed by atoms with Crippen LogP contribution in [0.25, 0.3) is 0 Å². The second-order valence-electron chi connectivity index (χ2n) is 6.68. The van der Waals surface area contributed by atoms with Gasteiger partial charge in [0, 0.05) is 12.5 Å². The van der Waals surface area contributed by atoms with Gasteiger partial charge in [-0.25, -0.2) is 9.97 Å². The fraction of sp³-hybridized carbons (Fsp3) is 0.450. The van der Waals surface area contributed by atoms with E-state index in [0.717, 1.165) is 38.5 Å². The number of carbonyl (C=O) groups is 1. The summed E-state index contributed by atoms with van der Waals surface area (Å²) in [5.41, 5.74) is 1.28. The van der Waals surface area contributed by atoms with E-state index >= 15 is 0 Å². The lowest BCUT2D eigenvalue weighted by Crippen LogP contribution is -2.39. The summed E-state index contributed by atoms with van der Waals surface area (Å²) in [4.78, 5) is 20.3. The third-order valence-electron chi connectivity index (χ3n) is 4.62. The van der Waals surface area contributed by atoms with E-state index in [9.17, 15) is 4.79 Å². The van der Waals surface area contributed by atoms with Gasteiger partial charge in [0.2, 0.25) is 5.91 Å². The minimum atomic E-state index is 0.0995. The number of hydrogen-bond donors (Lipinski definition) is 1. The molecule has 0 saturated heterocycles. The quantitative estimate of drug-likeness (QED) is 0.797. The van der Waals surface area contributed by atoms with Gasteiger partial charge in [-0.15, -0.1) is 0 Å². The molecule has 1 aromatic heterocycles. The van der Waals surface area contributed by atoms with Crippen molar-refractivity contribution in [2.45, 2.75) is 57.1 Å². The zero-order chi connectivity index (χ0) is 18.2. The van der Waals surface area contributed by atoms with Gasteiger partial charge in [0.1, 0.15) is 6.10 Å². The van der Waals surface area contributed by atoms with Gasteiger partial charge >= 0.3 is 6.01 Å². The molecule has 1 saturated carbocycles. The van der Waals surface area contributed by atoms with Gasteiger partial charge in [-0.05, 0) is 44.1 Å². The molecule has 0 radical (unpaired) electrons. The Morgan fingerprint density at radius 1 is 1.12 bits per heavy atom. The zero-order valence-corrected chi connectivity index (χ0v) is 15.5. The van der Waals surface area contributed by atoms with E-state index < -0.39 is 0 Å². The Morgan fingerprint density at radius 2 is 1.81 bits per heavy atom. The molecule has 0 spiro atoms. The van der Waals surface area contributed by atoms with Gasteiger partial charge in [0.15, 0.2) is 0 Å². The third-order valence-corrected chi connectivity index (χ3v) is 4.82. The van der Waals surface area contributed by atoms with E-state index in [0.29, 0.717) is 17.5 Å².